The van der Waals surface area contributed by atoms with Gasteiger partial charge in [-0.3, -0.25) is 9.69 Å². The zero-order valence-electron chi connectivity index (χ0n) is 14.6. The molecule has 10 nitrogen and oxygen atoms in total. The molecule has 0 saturated carbocycles. The first kappa shape index (κ1) is 19.3. The maximum Gasteiger partial charge on any atom is 0.328 e. The van der Waals surface area contributed by atoms with Gasteiger partial charge in [0.2, 0.25) is 11.9 Å². The Morgan fingerprint density at radius 2 is 1.65 bits per heavy atom. The molecule has 0 aliphatic carbocycles. The summed E-state index contributed by atoms with van der Waals surface area (Å²) >= 11 is 0. The first-order valence-electron chi connectivity index (χ1n) is 7.98. The largest absolute Gasteiger partial charge is 0.478 e. The summed E-state index contributed by atoms with van der Waals surface area (Å²) < 4.78 is 0. The summed E-state index contributed by atoms with van der Waals surface area (Å²) in [7, 11) is 3.89. The Morgan fingerprint density at radius 1 is 1.08 bits per heavy atom. The fourth-order valence-electron chi connectivity index (χ4n) is 2.50. The average Bonchev–Trinajstić information content (AvgIpc) is 2.88. The third kappa shape index (κ3) is 4.99. The molecule has 0 bridgehead atoms. The number of carboxylic acids is 2. The SMILES string of the molecule is CN1CCN(c2ncc3c(n2)N(C)C(=O)C3)CC1.O=C(O)C=CC(=O)O. The van der Waals surface area contributed by atoms with Gasteiger partial charge in [-0.15, -0.1) is 0 Å². The molecule has 2 N–H and O–H groups in total. The molecule has 26 heavy (non-hydrogen) atoms. The number of anilines is 2. The minimum Gasteiger partial charge on any atom is -0.478 e. The van der Waals surface area contributed by atoms with Crippen molar-refractivity contribution in [3.05, 3.63) is 23.9 Å². The van der Waals surface area contributed by atoms with Crippen LogP contribution in [0.4, 0.5) is 11.8 Å². The summed E-state index contributed by atoms with van der Waals surface area (Å²) in [5.41, 5.74) is 0.931. The number of amides is 1. The summed E-state index contributed by atoms with van der Waals surface area (Å²) in [5, 5.41) is 15.6. The lowest BCUT2D eigenvalue weighted by Crippen LogP contribution is -2.45. The van der Waals surface area contributed by atoms with E-state index in [2.05, 4.69) is 26.8 Å². The number of carbonyl (C=O) groups excluding carboxylic acids is 1. The van der Waals surface area contributed by atoms with Gasteiger partial charge in [0.25, 0.3) is 0 Å². The minimum absolute atomic E-state index is 0.0924. The molecule has 0 aromatic carbocycles. The topological polar surface area (TPSA) is 127 Å². The summed E-state index contributed by atoms with van der Waals surface area (Å²) in [4.78, 5) is 45.7. The zero-order valence-corrected chi connectivity index (χ0v) is 14.6. The summed E-state index contributed by atoms with van der Waals surface area (Å²) in [6.07, 6.45) is 3.33. The number of hydrogen-bond donors (Lipinski definition) is 2. The molecule has 0 unspecified atom stereocenters. The second kappa shape index (κ2) is 8.39. The van der Waals surface area contributed by atoms with Gasteiger partial charge in [-0.25, -0.2) is 14.6 Å². The molecule has 10 heteroatoms. The van der Waals surface area contributed by atoms with Gasteiger partial charge in [-0.05, 0) is 7.05 Å². The summed E-state index contributed by atoms with van der Waals surface area (Å²) in [6, 6.07) is 0. The third-order valence-corrected chi connectivity index (χ3v) is 4.02. The van der Waals surface area contributed by atoms with Crippen LogP contribution in [0.3, 0.4) is 0 Å². The van der Waals surface area contributed by atoms with Crippen molar-refractivity contribution in [2.75, 3.05) is 50.1 Å². The fraction of sp³-hybridized carbons (Fsp3) is 0.438. The van der Waals surface area contributed by atoms with Crippen LogP contribution in [0, 0.1) is 0 Å². The number of fused-ring (bicyclic) bond motifs is 1. The van der Waals surface area contributed by atoms with Crippen LogP contribution in [-0.2, 0) is 20.8 Å². The van der Waals surface area contributed by atoms with Crippen LogP contribution in [0.1, 0.15) is 5.56 Å². The second-order valence-corrected chi connectivity index (χ2v) is 5.95. The highest BCUT2D eigenvalue weighted by Crippen LogP contribution is 2.26. The van der Waals surface area contributed by atoms with Gasteiger partial charge in [0.1, 0.15) is 5.82 Å². The molecule has 3 heterocycles. The van der Waals surface area contributed by atoms with E-state index in [9.17, 15) is 14.4 Å². The molecule has 140 valence electrons. The van der Waals surface area contributed by atoms with E-state index in [0.29, 0.717) is 18.6 Å². The number of carbonyl (C=O) groups is 3. The van der Waals surface area contributed by atoms with Gasteiger partial charge < -0.3 is 20.0 Å². The quantitative estimate of drug-likeness (QED) is 0.681. The Morgan fingerprint density at radius 3 is 2.19 bits per heavy atom. The van der Waals surface area contributed by atoms with E-state index in [-0.39, 0.29) is 5.91 Å². The van der Waals surface area contributed by atoms with Crippen LogP contribution in [0.15, 0.2) is 18.3 Å². The number of hydrogen-bond acceptors (Lipinski definition) is 7. The van der Waals surface area contributed by atoms with Gasteiger partial charge >= 0.3 is 11.9 Å². The van der Waals surface area contributed by atoms with Crippen LogP contribution < -0.4 is 9.80 Å². The van der Waals surface area contributed by atoms with Crippen LogP contribution >= 0.6 is 0 Å². The number of aromatic nitrogens is 2. The van der Waals surface area contributed by atoms with E-state index in [1.165, 1.54) is 0 Å². The lowest BCUT2D eigenvalue weighted by molar-refractivity contribution is -0.134. The molecule has 3 rings (SSSR count). The Hall–Kier alpha value is -3.01. The van der Waals surface area contributed by atoms with Crippen molar-refractivity contribution in [3.8, 4) is 0 Å². The highest BCUT2D eigenvalue weighted by atomic mass is 16.4. The molecular weight excluding hydrogens is 342 g/mol. The molecule has 0 atom stereocenters. The van der Waals surface area contributed by atoms with Crippen molar-refractivity contribution < 1.29 is 24.6 Å². The van der Waals surface area contributed by atoms with E-state index >= 15 is 0 Å². The predicted molar refractivity (Wildman–Crippen MR) is 93.3 cm³/mol. The maximum atomic E-state index is 11.6. The average molecular weight is 363 g/mol. The Balaban J connectivity index is 0.000000260. The Labute approximate surface area is 150 Å². The molecule has 2 aliphatic heterocycles. The van der Waals surface area contributed by atoms with Crippen LogP contribution in [0.25, 0.3) is 0 Å². The third-order valence-electron chi connectivity index (χ3n) is 4.02. The van der Waals surface area contributed by atoms with Gasteiger partial charge in [0, 0.05) is 57.1 Å². The monoisotopic (exact) mass is 363 g/mol. The summed E-state index contributed by atoms with van der Waals surface area (Å²) in [5.74, 6) is -0.915. The molecule has 1 fully saturated rings. The van der Waals surface area contributed by atoms with Crippen LogP contribution in [-0.4, -0.2) is 83.2 Å². The van der Waals surface area contributed by atoms with Gasteiger partial charge in [0.15, 0.2) is 0 Å². The number of carboxylic acid groups (broad SMARTS) is 2. The van der Waals surface area contributed by atoms with Crippen molar-refractivity contribution in [2.45, 2.75) is 6.42 Å². The highest BCUT2D eigenvalue weighted by molar-refractivity contribution is 5.99. The van der Waals surface area contributed by atoms with Crippen molar-refractivity contribution in [2.24, 2.45) is 0 Å². The van der Waals surface area contributed by atoms with Crippen molar-refractivity contribution >= 4 is 29.6 Å². The van der Waals surface area contributed by atoms with E-state index in [1.807, 2.05) is 0 Å². The van der Waals surface area contributed by atoms with Gasteiger partial charge in [0.05, 0.1) is 6.42 Å². The fourth-order valence-corrected chi connectivity index (χ4v) is 2.50. The van der Waals surface area contributed by atoms with Crippen molar-refractivity contribution in [1.82, 2.24) is 14.9 Å². The van der Waals surface area contributed by atoms with Crippen LogP contribution in [0.5, 0.6) is 0 Å². The molecular formula is C16H21N5O5. The van der Waals surface area contributed by atoms with Crippen molar-refractivity contribution in [3.63, 3.8) is 0 Å². The molecule has 1 aromatic rings. The van der Waals surface area contributed by atoms with E-state index in [4.69, 9.17) is 10.2 Å². The normalized spacial score (nSPS) is 17.1. The van der Waals surface area contributed by atoms with Crippen LogP contribution in [0.2, 0.25) is 0 Å². The standard InChI is InChI=1S/C12H17N5O.C4H4O4/c1-15-3-5-17(6-4-15)12-13-8-9-7-10(18)16(2)11(9)14-12;5-3(6)1-2-4(7)8/h8H,3-7H2,1-2H3;1-2H,(H,5,6)(H,7,8). The maximum absolute atomic E-state index is 11.6. The summed E-state index contributed by atoms with van der Waals surface area (Å²) in [6.45, 7) is 3.92. The van der Waals surface area contributed by atoms with E-state index in [1.54, 1.807) is 18.1 Å². The number of nitrogens with zero attached hydrogens (tertiary/aromatic N) is 5. The number of aliphatic carboxylic acids is 2. The molecule has 0 radical (unpaired) electrons. The van der Waals surface area contributed by atoms with E-state index < -0.39 is 11.9 Å². The number of rotatable bonds is 3. The zero-order chi connectivity index (χ0) is 19.3. The molecule has 1 aromatic heterocycles. The predicted octanol–water partition coefficient (Wildman–Crippen LogP) is -0.541. The number of likely N-dealkylation sites (N-methyl/N-ethyl adjacent to an activating group) is 2. The number of piperazine rings is 1. The first-order chi connectivity index (χ1) is 12.3. The first-order valence-corrected chi connectivity index (χ1v) is 7.98. The molecule has 2 aliphatic rings. The Bertz CT molecular complexity index is 712. The van der Waals surface area contributed by atoms with E-state index in [0.717, 1.165) is 43.5 Å². The van der Waals surface area contributed by atoms with Crippen molar-refractivity contribution in [1.29, 1.82) is 0 Å². The molecule has 0 spiro atoms. The molecule has 1 amide bonds. The lowest BCUT2D eigenvalue weighted by atomic mass is 10.3. The van der Waals surface area contributed by atoms with Gasteiger partial charge in [-0.1, -0.05) is 0 Å². The molecule has 1 saturated heterocycles. The highest BCUT2D eigenvalue weighted by Gasteiger charge is 2.27. The lowest BCUT2D eigenvalue weighted by Gasteiger charge is -2.32. The second-order valence-electron chi connectivity index (χ2n) is 5.95. The minimum atomic E-state index is -1.26. The van der Waals surface area contributed by atoms with Gasteiger partial charge in [-0.2, -0.15) is 4.98 Å². The Kier molecular flexibility index (Phi) is 6.23. The smallest absolute Gasteiger partial charge is 0.328 e.